The van der Waals surface area contributed by atoms with Crippen LogP contribution in [0.1, 0.15) is 18.9 Å². The van der Waals surface area contributed by atoms with Crippen molar-refractivity contribution in [2.24, 2.45) is 0 Å². The van der Waals surface area contributed by atoms with Crippen LogP contribution in [-0.2, 0) is 16.3 Å². The van der Waals surface area contributed by atoms with Crippen LogP contribution in [-0.4, -0.2) is 19.8 Å². The van der Waals surface area contributed by atoms with Crippen LogP contribution in [0, 0.1) is 0 Å². The SMILES string of the molecule is CCCc1c(O)cccc1Oc1ccc(S(C)(=O)=O)cc1. The minimum absolute atomic E-state index is 0.210. The van der Waals surface area contributed by atoms with Gasteiger partial charge in [-0.15, -0.1) is 0 Å². The molecule has 5 heteroatoms. The van der Waals surface area contributed by atoms with Crippen LogP contribution in [0.2, 0.25) is 0 Å². The van der Waals surface area contributed by atoms with Gasteiger partial charge in [-0.2, -0.15) is 0 Å². The molecular weight excluding hydrogens is 288 g/mol. The number of hydrogen-bond donors (Lipinski definition) is 1. The van der Waals surface area contributed by atoms with Gasteiger partial charge in [0.2, 0.25) is 0 Å². The van der Waals surface area contributed by atoms with E-state index in [1.165, 1.54) is 12.1 Å². The molecule has 2 aromatic rings. The third-order valence-electron chi connectivity index (χ3n) is 3.09. The molecule has 0 bridgehead atoms. The maximum atomic E-state index is 11.4. The van der Waals surface area contributed by atoms with Crippen LogP contribution < -0.4 is 4.74 Å². The second kappa shape index (κ2) is 6.18. The first kappa shape index (κ1) is 15.4. The molecule has 0 aliphatic carbocycles. The summed E-state index contributed by atoms with van der Waals surface area (Å²) in [4.78, 5) is 0.250. The summed E-state index contributed by atoms with van der Waals surface area (Å²) in [7, 11) is -3.21. The monoisotopic (exact) mass is 306 g/mol. The van der Waals surface area contributed by atoms with Crippen molar-refractivity contribution in [2.45, 2.75) is 24.7 Å². The molecule has 1 N–H and O–H groups in total. The smallest absolute Gasteiger partial charge is 0.175 e. The van der Waals surface area contributed by atoms with Gasteiger partial charge in [-0.05, 0) is 42.8 Å². The summed E-state index contributed by atoms with van der Waals surface area (Å²) in [5, 5.41) is 9.89. The molecule has 2 aromatic carbocycles. The zero-order valence-electron chi connectivity index (χ0n) is 12.0. The van der Waals surface area contributed by atoms with Gasteiger partial charge in [-0.25, -0.2) is 8.42 Å². The molecule has 0 aliphatic heterocycles. The highest BCUT2D eigenvalue weighted by molar-refractivity contribution is 7.90. The summed E-state index contributed by atoms with van der Waals surface area (Å²) in [5.74, 6) is 1.33. The van der Waals surface area contributed by atoms with E-state index in [-0.39, 0.29) is 10.6 Å². The van der Waals surface area contributed by atoms with Crippen molar-refractivity contribution in [3.8, 4) is 17.2 Å². The lowest BCUT2D eigenvalue weighted by molar-refractivity contribution is 0.442. The maximum absolute atomic E-state index is 11.4. The first-order chi connectivity index (χ1) is 9.91. The van der Waals surface area contributed by atoms with Crippen molar-refractivity contribution < 1.29 is 18.3 Å². The van der Waals surface area contributed by atoms with Gasteiger partial charge < -0.3 is 9.84 Å². The Kier molecular flexibility index (Phi) is 4.53. The first-order valence-corrected chi connectivity index (χ1v) is 8.60. The predicted molar refractivity (Wildman–Crippen MR) is 81.7 cm³/mol. The average molecular weight is 306 g/mol. The highest BCUT2D eigenvalue weighted by atomic mass is 32.2. The largest absolute Gasteiger partial charge is 0.508 e. The van der Waals surface area contributed by atoms with Crippen LogP contribution in [0.25, 0.3) is 0 Å². The fourth-order valence-corrected chi connectivity index (χ4v) is 2.66. The molecule has 0 atom stereocenters. The molecule has 0 heterocycles. The molecule has 0 unspecified atom stereocenters. The topological polar surface area (TPSA) is 63.6 Å². The summed E-state index contributed by atoms with van der Waals surface area (Å²) in [6.45, 7) is 2.02. The molecule has 0 aliphatic rings. The quantitative estimate of drug-likeness (QED) is 0.917. The Morgan fingerprint density at radius 3 is 2.33 bits per heavy atom. The number of aromatic hydroxyl groups is 1. The van der Waals surface area contributed by atoms with E-state index in [0.29, 0.717) is 17.9 Å². The minimum Gasteiger partial charge on any atom is -0.508 e. The molecule has 0 spiro atoms. The molecule has 0 saturated carbocycles. The Bertz CT molecular complexity index is 718. The molecule has 0 radical (unpaired) electrons. The average Bonchev–Trinajstić information content (AvgIpc) is 2.42. The van der Waals surface area contributed by atoms with Crippen LogP contribution in [0.4, 0.5) is 0 Å². The molecule has 0 fully saturated rings. The Labute approximate surface area is 124 Å². The zero-order valence-corrected chi connectivity index (χ0v) is 12.9. The van der Waals surface area contributed by atoms with Crippen LogP contribution in [0.5, 0.6) is 17.2 Å². The molecule has 0 amide bonds. The van der Waals surface area contributed by atoms with E-state index in [2.05, 4.69) is 0 Å². The molecule has 2 rings (SSSR count). The summed E-state index contributed by atoms with van der Waals surface area (Å²) in [6, 6.07) is 11.4. The Balaban J connectivity index is 2.28. The Morgan fingerprint density at radius 1 is 1.10 bits per heavy atom. The number of hydrogen-bond acceptors (Lipinski definition) is 4. The first-order valence-electron chi connectivity index (χ1n) is 6.70. The van der Waals surface area contributed by atoms with Crippen molar-refractivity contribution in [3.63, 3.8) is 0 Å². The Morgan fingerprint density at radius 2 is 1.76 bits per heavy atom. The minimum atomic E-state index is -3.21. The number of phenolic OH excluding ortho intramolecular Hbond substituents is 1. The lowest BCUT2D eigenvalue weighted by atomic mass is 10.1. The summed E-state index contributed by atoms with van der Waals surface area (Å²) >= 11 is 0. The second-order valence-corrected chi connectivity index (χ2v) is 6.87. The molecule has 0 aromatic heterocycles. The van der Waals surface area contributed by atoms with Gasteiger partial charge in [0.1, 0.15) is 17.2 Å². The fraction of sp³-hybridized carbons (Fsp3) is 0.250. The maximum Gasteiger partial charge on any atom is 0.175 e. The van der Waals surface area contributed by atoms with Crippen molar-refractivity contribution >= 4 is 9.84 Å². The molecule has 112 valence electrons. The number of ether oxygens (including phenoxy) is 1. The van der Waals surface area contributed by atoms with E-state index in [1.807, 2.05) is 6.92 Å². The Hall–Kier alpha value is -2.01. The van der Waals surface area contributed by atoms with Crippen molar-refractivity contribution in [3.05, 3.63) is 48.0 Å². The van der Waals surface area contributed by atoms with E-state index < -0.39 is 9.84 Å². The van der Waals surface area contributed by atoms with Crippen LogP contribution >= 0.6 is 0 Å². The van der Waals surface area contributed by atoms with Gasteiger partial charge in [0.25, 0.3) is 0 Å². The van der Waals surface area contributed by atoms with Crippen LogP contribution in [0.15, 0.2) is 47.4 Å². The van der Waals surface area contributed by atoms with E-state index in [0.717, 1.165) is 18.2 Å². The van der Waals surface area contributed by atoms with Crippen molar-refractivity contribution in [1.29, 1.82) is 0 Å². The van der Waals surface area contributed by atoms with E-state index in [9.17, 15) is 13.5 Å². The molecular formula is C16H18O4S. The molecule has 0 saturated heterocycles. The second-order valence-electron chi connectivity index (χ2n) is 4.85. The van der Waals surface area contributed by atoms with Gasteiger partial charge in [0, 0.05) is 11.8 Å². The normalized spacial score (nSPS) is 11.3. The third-order valence-corrected chi connectivity index (χ3v) is 4.22. The van der Waals surface area contributed by atoms with Gasteiger partial charge >= 0.3 is 0 Å². The number of phenols is 1. The van der Waals surface area contributed by atoms with Gasteiger partial charge in [-0.3, -0.25) is 0 Å². The fourth-order valence-electron chi connectivity index (χ4n) is 2.03. The number of benzene rings is 2. The summed E-state index contributed by atoms with van der Waals surface area (Å²) < 4.78 is 28.6. The lowest BCUT2D eigenvalue weighted by Crippen LogP contribution is -1.97. The standard InChI is InChI=1S/C16H18O4S/c1-3-5-14-15(17)6-4-7-16(14)20-12-8-10-13(11-9-12)21(2,18)19/h4,6-11,17H,3,5H2,1-2H3. The third kappa shape index (κ3) is 3.76. The highest BCUT2D eigenvalue weighted by Gasteiger charge is 2.10. The van der Waals surface area contributed by atoms with Gasteiger partial charge in [-0.1, -0.05) is 19.4 Å². The molecule has 21 heavy (non-hydrogen) atoms. The summed E-state index contributed by atoms with van der Waals surface area (Å²) in [5.41, 5.74) is 0.757. The van der Waals surface area contributed by atoms with Crippen molar-refractivity contribution in [1.82, 2.24) is 0 Å². The number of rotatable bonds is 5. The van der Waals surface area contributed by atoms with Crippen LogP contribution in [0.3, 0.4) is 0 Å². The van der Waals surface area contributed by atoms with Gasteiger partial charge in [0.15, 0.2) is 9.84 Å². The van der Waals surface area contributed by atoms with Crippen molar-refractivity contribution in [2.75, 3.05) is 6.26 Å². The van der Waals surface area contributed by atoms with E-state index in [1.54, 1.807) is 30.3 Å². The number of sulfone groups is 1. The molecule has 4 nitrogen and oxygen atoms in total. The van der Waals surface area contributed by atoms with Gasteiger partial charge in [0.05, 0.1) is 4.90 Å². The zero-order chi connectivity index (χ0) is 15.5. The van der Waals surface area contributed by atoms with E-state index in [4.69, 9.17) is 4.74 Å². The summed E-state index contributed by atoms with van der Waals surface area (Å²) in [6.07, 6.45) is 2.77. The highest BCUT2D eigenvalue weighted by Crippen LogP contribution is 2.32. The lowest BCUT2D eigenvalue weighted by Gasteiger charge is -2.12. The predicted octanol–water partition coefficient (Wildman–Crippen LogP) is 3.54. The van der Waals surface area contributed by atoms with E-state index >= 15 is 0 Å².